The number of amides is 1. The van der Waals surface area contributed by atoms with Crippen LogP contribution in [0.5, 0.6) is 5.75 Å². The molecule has 1 aromatic heterocycles. The minimum Gasteiger partial charge on any atom is -0.497 e. The van der Waals surface area contributed by atoms with E-state index in [1.807, 2.05) is 6.07 Å². The average Bonchev–Trinajstić information content (AvgIpc) is 2.86. The second-order valence-electron chi connectivity index (χ2n) is 3.91. The van der Waals surface area contributed by atoms with E-state index in [1.54, 1.807) is 54.3 Å². The van der Waals surface area contributed by atoms with Gasteiger partial charge in [-0.1, -0.05) is 6.07 Å². The van der Waals surface area contributed by atoms with E-state index >= 15 is 0 Å². The molecule has 5 heteroatoms. The Balaban J connectivity index is 2.03. The van der Waals surface area contributed by atoms with Crippen molar-refractivity contribution in [2.75, 3.05) is 12.4 Å². The van der Waals surface area contributed by atoms with Gasteiger partial charge in [0.15, 0.2) is 0 Å². The molecule has 0 aliphatic carbocycles. The topological polar surface area (TPSA) is 67.0 Å². The number of ether oxygens (including phenoxy) is 1. The highest BCUT2D eigenvalue weighted by Crippen LogP contribution is 2.16. The number of carbonyl (C=O) groups is 1. The fraction of sp³-hybridized carbons (Fsp3) is 0.143. The van der Waals surface area contributed by atoms with E-state index < -0.39 is 0 Å². The first-order valence-corrected chi connectivity index (χ1v) is 5.72. The lowest BCUT2D eigenvalue weighted by Gasteiger charge is -2.08. The summed E-state index contributed by atoms with van der Waals surface area (Å²) in [6.07, 6.45) is 1.70. The molecule has 1 aromatic carbocycles. The first-order valence-electron chi connectivity index (χ1n) is 5.72. The van der Waals surface area contributed by atoms with Gasteiger partial charge < -0.3 is 14.6 Å². The van der Waals surface area contributed by atoms with Gasteiger partial charge in [-0.25, -0.2) is 0 Å². The standard InChI is InChI=1S/C14H13N3O2/c1-19-13-6-2-4-11(8-13)16-14(18)10-17-7-3-5-12(17)9-15/h2-8H,10H2,1H3,(H,16,18). The van der Waals surface area contributed by atoms with Crippen LogP contribution in [0.1, 0.15) is 5.69 Å². The number of anilines is 1. The van der Waals surface area contributed by atoms with E-state index in [0.717, 1.165) is 0 Å². The van der Waals surface area contributed by atoms with E-state index in [4.69, 9.17) is 10.00 Å². The zero-order valence-electron chi connectivity index (χ0n) is 10.5. The highest BCUT2D eigenvalue weighted by Gasteiger charge is 2.06. The van der Waals surface area contributed by atoms with Crippen molar-refractivity contribution >= 4 is 11.6 Å². The van der Waals surface area contributed by atoms with Crippen molar-refractivity contribution in [3.05, 3.63) is 48.3 Å². The number of hydrogen-bond donors (Lipinski definition) is 1. The number of nitrogens with zero attached hydrogens (tertiary/aromatic N) is 2. The number of hydrogen-bond acceptors (Lipinski definition) is 3. The third kappa shape index (κ3) is 3.13. The second-order valence-corrected chi connectivity index (χ2v) is 3.91. The summed E-state index contributed by atoms with van der Waals surface area (Å²) in [6.45, 7) is 0.104. The highest BCUT2D eigenvalue weighted by atomic mass is 16.5. The van der Waals surface area contributed by atoms with Gasteiger partial charge in [-0.05, 0) is 24.3 Å². The summed E-state index contributed by atoms with van der Waals surface area (Å²) < 4.78 is 6.67. The highest BCUT2D eigenvalue weighted by molar-refractivity contribution is 5.90. The molecule has 0 aliphatic heterocycles. The monoisotopic (exact) mass is 255 g/mol. The number of rotatable bonds is 4. The molecule has 0 saturated heterocycles. The van der Waals surface area contributed by atoms with Crippen molar-refractivity contribution in [1.82, 2.24) is 4.57 Å². The number of carbonyl (C=O) groups excluding carboxylic acids is 1. The van der Waals surface area contributed by atoms with Crippen LogP contribution in [-0.4, -0.2) is 17.6 Å². The third-order valence-electron chi connectivity index (χ3n) is 2.61. The lowest BCUT2D eigenvalue weighted by Crippen LogP contribution is -2.19. The van der Waals surface area contributed by atoms with Gasteiger partial charge in [0.2, 0.25) is 5.91 Å². The number of aromatic nitrogens is 1. The minimum atomic E-state index is -0.194. The fourth-order valence-corrected chi connectivity index (χ4v) is 1.71. The van der Waals surface area contributed by atoms with E-state index in [-0.39, 0.29) is 12.5 Å². The Bertz CT molecular complexity index is 626. The molecule has 0 aliphatic rings. The van der Waals surface area contributed by atoms with Crippen molar-refractivity contribution in [2.24, 2.45) is 0 Å². The van der Waals surface area contributed by atoms with Crippen LogP contribution in [0.15, 0.2) is 42.6 Å². The zero-order chi connectivity index (χ0) is 13.7. The zero-order valence-corrected chi connectivity index (χ0v) is 10.5. The van der Waals surface area contributed by atoms with E-state index in [0.29, 0.717) is 17.1 Å². The molecule has 1 heterocycles. The molecule has 0 spiro atoms. The number of benzene rings is 1. The van der Waals surface area contributed by atoms with Crippen molar-refractivity contribution in [3.8, 4) is 11.8 Å². The molecule has 19 heavy (non-hydrogen) atoms. The number of methoxy groups -OCH3 is 1. The average molecular weight is 255 g/mol. The van der Waals surface area contributed by atoms with Gasteiger partial charge in [0, 0.05) is 18.0 Å². The molecular formula is C14H13N3O2. The van der Waals surface area contributed by atoms with E-state index in [9.17, 15) is 4.79 Å². The molecule has 0 bridgehead atoms. The third-order valence-corrected chi connectivity index (χ3v) is 2.61. The Morgan fingerprint density at radius 1 is 1.42 bits per heavy atom. The molecule has 2 rings (SSSR count). The summed E-state index contributed by atoms with van der Waals surface area (Å²) in [5.74, 6) is 0.484. The van der Waals surface area contributed by atoms with Gasteiger partial charge in [-0.15, -0.1) is 0 Å². The largest absolute Gasteiger partial charge is 0.497 e. The minimum absolute atomic E-state index is 0.104. The Kier molecular flexibility index (Phi) is 3.84. The second kappa shape index (κ2) is 5.74. The van der Waals surface area contributed by atoms with Crippen molar-refractivity contribution in [2.45, 2.75) is 6.54 Å². The van der Waals surface area contributed by atoms with Crippen LogP contribution in [0.3, 0.4) is 0 Å². The summed E-state index contributed by atoms with van der Waals surface area (Å²) in [5, 5.41) is 11.6. The predicted octanol–water partition coefficient (Wildman–Crippen LogP) is 2.01. The smallest absolute Gasteiger partial charge is 0.244 e. The van der Waals surface area contributed by atoms with Crippen LogP contribution in [0.4, 0.5) is 5.69 Å². The molecule has 1 N–H and O–H groups in total. The van der Waals surface area contributed by atoms with Gasteiger partial charge >= 0.3 is 0 Å². The van der Waals surface area contributed by atoms with Gasteiger partial charge in [-0.3, -0.25) is 4.79 Å². The van der Waals surface area contributed by atoms with Gasteiger partial charge in [0.1, 0.15) is 24.1 Å². The quantitative estimate of drug-likeness (QED) is 0.908. The van der Waals surface area contributed by atoms with Crippen LogP contribution in [-0.2, 0) is 11.3 Å². The maximum atomic E-state index is 11.9. The number of nitriles is 1. The molecule has 0 fully saturated rings. The van der Waals surface area contributed by atoms with E-state index in [1.165, 1.54) is 0 Å². The predicted molar refractivity (Wildman–Crippen MR) is 70.8 cm³/mol. The summed E-state index contributed by atoms with van der Waals surface area (Å²) in [6, 6.07) is 12.5. The summed E-state index contributed by atoms with van der Waals surface area (Å²) in [7, 11) is 1.57. The maximum Gasteiger partial charge on any atom is 0.244 e. The Hall–Kier alpha value is -2.74. The molecular weight excluding hydrogens is 242 g/mol. The Morgan fingerprint density at radius 2 is 2.26 bits per heavy atom. The molecule has 0 atom stereocenters. The Labute approximate surface area is 111 Å². The van der Waals surface area contributed by atoms with Crippen LogP contribution >= 0.6 is 0 Å². The van der Waals surface area contributed by atoms with Crippen molar-refractivity contribution in [3.63, 3.8) is 0 Å². The van der Waals surface area contributed by atoms with Crippen molar-refractivity contribution in [1.29, 1.82) is 5.26 Å². The molecule has 0 radical (unpaired) electrons. The van der Waals surface area contributed by atoms with E-state index in [2.05, 4.69) is 5.32 Å². The van der Waals surface area contributed by atoms with Gasteiger partial charge in [0.25, 0.3) is 0 Å². The maximum absolute atomic E-state index is 11.9. The first kappa shape index (κ1) is 12.7. The lowest BCUT2D eigenvalue weighted by molar-refractivity contribution is -0.116. The van der Waals surface area contributed by atoms with Gasteiger partial charge in [0.05, 0.1) is 7.11 Å². The van der Waals surface area contributed by atoms with Crippen LogP contribution in [0.25, 0.3) is 0 Å². The molecule has 2 aromatic rings. The van der Waals surface area contributed by atoms with Gasteiger partial charge in [-0.2, -0.15) is 5.26 Å². The summed E-state index contributed by atoms with van der Waals surface area (Å²) in [4.78, 5) is 11.9. The summed E-state index contributed by atoms with van der Waals surface area (Å²) >= 11 is 0. The fourth-order valence-electron chi connectivity index (χ4n) is 1.71. The van der Waals surface area contributed by atoms with Crippen molar-refractivity contribution < 1.29 is 9.53 Å². The molecule has 0 saturated carbocycles. The molecule has 1 amide bonds. The lowest BCUT2D eigenvalue weighted by atomic mass is 10.3. The normalized spacial score (nSPS) is 9.68. The SMILES string of the molecule is COc1cccc(NC(=O)Cn2cccc2C#N)c1. The summed E-state index contributed by atoms with van der Waals surface area (Å²) in [5.41, 5.74) is 1.12. The van der Waals surface area contributed by atoms with Crippen LogP contribution < -0.4 is 10.1 Å². The molecule has 96 valence electrons. The molecule has 5 nitrogen and oxygen atoms in total. The Morgan fingerprint density at radius 3 is 3.00 bits per heavy atom. The van der Waals surface area contributed by atoms with Crippen LogP contribution in [0, 0.1) is 11.3 Å². The molecule has 0 unspecified atom stereocenters. The number of nitrogens with one attached hydrogen (secondary N) is 1. The first-order chi connectivity index (χ1) is 9.22. The van der Waals surface area contributed by atoms with Crippen LogP contribution in [0.2, 0.25) is 0 Å².